The van der Waals surface area contributed by atoms with Crippen LogP contribution >= 0.6 is 0 Å². The molecular formula is C29H32N4O5. The van der Waals surface area contributed by atoms with Crippen LogP contribution in [-0.4, -0.2) is 54.7 Å². The van der Waals surface area contributed by atoms with Gasteiger partial charge in [-0.25, -0.2) is 9.79 Å². The second-order valence-electron chi connectivity index (χ2n) is 9.17. The van der Waals surface area contributed by atoms with Crippen molar-refractivity contribution in [1.82, 2.24) is 10.2 Å². The molecular weight excluding hydrogens is 484 g/mol. The summed E-state index contributed by atoms with van der Waals surface area (Å²) in [5.74, 6) is 0.0747. The second kappa shape index (κ2) is 12.7. The van der Waals surface area contributed by atoms with Gasteiger partial charge in [-0.2, -0.15) is 0 Å². The van der Waals surface area contributed by atoms with Crippen LogP contribution in [0.3, 0.4) is 0 Å². The van der Waals surface area contributed by atoms with E-state index in [4.69, 9.17) is 24.7 Å². The number of rotatable bonds is 11. The van der Waals surface area contributed by atoms with Crippen LogP contribution in [0, 0.1) is 0 Å². The molecule has 5 rings (SSSR count). The van der Waals surface area contributed by atoms with Gasteiger partial charge >= 0.3 is 6.03 Å². The number of hydrogen-bond donors (Lipinski definition) is 2. The zero-order valence-corrected chi connectivity index (χ0v) is 21.0. The molecule has 3 N–H and O–H groups in total. The van der Waals surface area contributed by atoms with E-state index in [0.29, 0.717) is 19.8 Å². The molecule has 0 radical (unpaired) electrons. The van der Waals surface area contributed by atoms with Crippen LogP contribution in [0.15, 0.2) is 96.0 Å². The van der Waals surface area contributed by atoms with E-state index >= 15 is 0 Å². The molecule has 0 unspecified atom stereocenters. The third-order valence-corrected chi connectivity index (χ3v) is 6.45. The lowest BCUT2D eigenvalue weighted by Crippen LogP contribution is -2.57. The quantitative estimate of drug-likeness (QED) is 0.405. The van der Waals surface area contributed by atoms with Gasteiger partial charge in [-0.3, -0.25) is 10.2 Å². The van der Waals surface area contributed by atoms with Crippen molar-refractivity contribution >= 4 is 12.0 Å². The predicted molar refractivity (Wildman–Crippen MR) is 142 cm³/mol. The van der Waals surface area contributed by atoms with Crippen molar-refractivity contribution in [1.29, 1.82) is 0 Å². The van der Waals surface area contributed by atoms with E-state index in [1.807, 2.05) is 91.0 Å². The Morgan fingerprint density at radius 3 is 1.89 bits per heavy atom. The smallest absolute Gasteiger partial charge is 0.327 e. The Morgan fingerprint density at radius 2 is 1.34 bits per heavy atom. The van der Waals surface area contributed by atoms with Gasteiger partial charge in [0.2, 0.25) is 0 Å². The maximum absolute atomic E-state index is 12.8. The van der Waals surface area contributed by atoms with Crippen molar-refractivity contribution < 1.29 is 23.7 Å². The van der Waals surface area contributed by atoms with Gasteiger partial charge in [0.15, 0.2) is 12.2 Å². The Kier molecular flexibility index (Phi) is 8.62. The van der Waals surface area contributed by atoms with Crippen molar-refractivity contribution in [2.45, 2.75) is 44.4 Å². The van der Waals surface area contributed by atoms with Crippen LogP contribution in [0.25, 0.3) is 0 Å². The number of guanidine groups is 1. The van der Waals surface area contributed by atoms with Crippen LogP contribution in [0.2, 0.25) is 0 Å². The average molecular weight is 517 g/mol. The van der Waals surface area contributed by atoms with Gasteiger partial charge in [-0.1, -0.05) is 91.0 Å². The molecule has 1 saturated heterocycles. The van der Waals surface area contributed by atoms with Gasteiger partial charge < -0.3 is 24.7 Å². The first-order valence-corrected chi connectivity index (χ1v) is 12.6. The molecule has 2 aliphatic heterocycles. The lowest BCUT2D eigenvalue weighted by molar-refractivity contribution is -0.105. The van der Waals surface area contributed by atoms with Crippen LogP contribution in [0.5, 0.6) is 0 Å². The molecule has 3 aromatic rings. The normalized spacial score (nSPS) is 23.2. The zero-order valence-electron chi connectivity index (χ0n) is 21.0. The van der Waals surface area contributed by atoms with E-state index in [9.17, 15) is 4.79 Å². The summed E-state index contributed by atoms with van der Waals surface area (Å²) in [5.41, 5.74) is 8.80. The molecule has 0 spiro atoms. The van der Waals surface area contributed by atoms with Crippen LogP contribution < -0.4 is 11.1 Å². The number of amides is 2. The van der Waals surface area contributed by atoms with Crippen LogP contribution in [0.1, 0.15) is 16.7 Å². The van der Waals surface area contributed by atoms with Gasteiger partial charge in [0.25, 0.3) is 0 Å². The van der Waals surface area contributed by atoms with Crippen molar-refractivity contribution in [3.8, 4) is 0 Å². The largest absolute Gasteiger partial charge is 0.374 e. The first-order chi connectivity index (χ1) is 18.7. The van der Waals surface area contributed by atoms with E-state index in [0.717, 1.165) is 16.7 Å². The summed E-state index contributed by atoms with van der Waals surface area (Å²) >= 11 is 0. The van der Waals surface area contributed by atoms with Crippen LogP contribution in [0.4, 0.5) is 4.79 Å². The molecule has 198 valence electrons. The Bertz CT molecular complexity index is 1200. The molecule has 0 saturated carbocycles. The predicted octanol–water partition coefficient (Wildman–Crippen LogP) is 3.40. The number of nitrogens with one attached hydrogen (secondary N) is 1. The number of aliphatic imine (C=N–C) groups is 1. The van der Waals surface area contributed by atoms with E-state index < -0.39 is 30.6 Å². The van der Waals surface area contributed by atoms with Gasteiger partial charge in [0.1, 0.15) is 25.0 Å². The fraction of sp³-hybridized carbons (Fsp3) is 0.310. The van der Waals surface area contributed by atoms with Crippen molar-refractivity contribution in [2.24, 2.45) is 10.7 Å². The number of carbonyl (C=O) groups is 1. The lowest BCUT2D eigenvalue weighted by atomic mass is 10.1. The third kappa shape index (κ3) is 6.56. The molecule has 4 atom stereocenters. The zero-order chi connectivity index (χ0) is 26.2. The Balaban J connectivity index is 1.36. The molecule has 9 heteroatoms. The van der Waals surface area contributed by atoms with E-state index in [2.05, 4.69) is 10.3 Å². The van der Waals surface area contributed by atoms with Crippen molar-refractivity contribution in [3.63, 3.8) is 0 Å². The van der Waals surface area contributed by atoms with E-state index in [1.165, 1.54) is 4.90 Å². The lowest BCUT2D eigenvalue weighted by Gasteiger charge is -2.33. The molecule has 2 heterocycles. The number of urea groups is 1. The molecule has 1 fully saturated rings. The highest BCUT2D eigenvalue weighted by Gasteiger charge is 2.50. The molecule has 2 aliphatic rings. The summed E-state index contributed by atoms with van der Waals surface area (Å²) in [5, 5.41) is 2.56. The van der Waals surface area contributed by atoms with Crippen molar-refractivity contribution in [2.75, 3.05) is 13.3 Å². The SMILES string of the molecule is NC1=NCN([C@@H]2O[C@@H](COCc3ccccc3)[C@H](OCc3ccccc3)[C@@H]2OCc2ccccc2)C(=O)N1. The van der Waals surface area contributed by atoms with Gasteiger partial charge in [-0.05, 0) is 16.7 Å². The van der Waals surface area contributed by atoms with E-state index in [-0.39, 0.29) is 19.2 Å². The Morgan fingerprint density at radius 1 is 0.816 bits per heavy atom. The number of nitrogens with zero attached hydrogens (tertiary/aromatic N) is 2. The number of hydrogen-bond acceptors (Lipinski definition) is 7. The molecule has 9 nitrogen and oxygen atoms in total. The maximum Gasteiger partial charge on any atom is 0.327 e. The Labute approximate surface area is 222 Å². The number of benzene rings is 3. The minimum absolute atomic E-state index is 0.0521. The van der Waals surface area contributed by atoms with E-state index in [1.54, 1.807) is 0 Å². The first-order valence-electron chi connectivity index (χ1n) is 12.6. The fourth-order valence-electron chi connectivity index (χ4n) is 4.51. The number of nitrogens with two attached hydrogens (primary N) is 1. The summed E-state index contributed by atoms with van der Waals surface area (Å²) in [6.45, 7) is 1.43. The molecule has 0 bridgehead atoms. The van der Waals surface area contributed by atoms with Crippen LogP contribution in [-0.2, 0) is 38.8 Å². The molecule has 0 aliphatic carbocycles. The molecule has 2 amide bonds. The highest BCUT2D eigenvalue weighted by Crippen LogP contribution is 2.31. The number of carbonyl (C=O) groups excluding carboxylic acids is 1. The monoisotopic (exact) mass is 516 g/mol. The summed E-state index contributed by atoms with van der Waals surface area (Å²) < 4.78 is 25.3. The third-order valence-electron chi connectivity index (χ3n) is 6.45. The van der Waals surface area contributed by atoms with Gasteiger partial charge in [0, 0.05) is 0 Å². The van der Waals surface area contributed by atoms with Crippen molar-refractivity contribution in [3.05, 3.63) is 108 Å². The molecule has 38 heavy (non-hydrogen) atoms. The molecule has 3 aromatic carbocycles. The minimum atomic E-state index is -0.748. The maximum atomic E-state index is 12.8. The second-order valence-corrected chi connectivity index (χ2v) is 9.17. The van der Waals surface area contributed by atoms with Gasteiger partial charge in [-0.15, -0.1) is 0 Å². The standard InChI is InChI=1S/C29H32N4O5/c30-28-31-20-33(29(34)32-28)27-26(37-18-23-14-8-3-9-15-23)25(36-17-22-12-6-2-7-13-22)24(38-27)19-35-16-21-10-4-1-5-11-21/h1-15,24-27H,16-20H2,(H3,30,31,32,34)/t24-,25-,26-,27+/m0/s1. The fourth-order valence-corrected chi connectivity index (χ4v) is 4.51. The summed E-state index contributed by atoms with van der Waals surface area (Å²) in [7, 11) is 0. The summed E-state index contributed by atoms with van der Waals surface area (Å²) in [6.07, 6.45) is -2.33. The topological polar surface area (TPSA) is 108 Å². The highest BCUT2D eigenvalue weighted by molar-refractivity contribution is 5.96. The highest BCUT2D eigenvalue weighted by atomic mass is 16.6. The first kappa shape index (κ1) is 25.9. The van der Waals surface area contributed by atoms with Gasteiger partial charge in [0.05, 0.1) is 26.4 Å². The number of ether oxygens (including phenoxy) is 4. The average Bonchev–Trinajstić information content (AvgIpc) is 3.29. The summed E-state index contributed by atoms with van der Waals surface area (Å²) in [4.78, 5) is 18.5. The Hall–Kier alpha value is -3.76. The minimum Gasteiger partial charge on any atom is -0.374 e. The summed E-state index contributed by atoms with van der Waals surface area (Å²) in [6, 6.07) is 29.3. The molecule has 0 aromatic heterocycles.